The number of pyridine rings is 1. The summed E-state index contributed by atoms with van der Waals surface area (Å²) in [5.41, 5.74) is 9.03. The van der Waals surface area contributed by atoms with Crippen LogP contribution in [0.1, 0.15) is 21.6 Å². The van der Waals surface area contributed by atoms with Crippen LogP contribution >= 0.6 is 0 Å². The molecule has 1 amide bonds. The Hall–Kier alpha value is -2.20. The van der Waals surface area contributed by atoms with Gasteiger partial charge in [-0.05, 0) is 37.7 Å². The van der Waals surface area contributed by atoms with Gasteiger partial charge in [0.1, 0.15) is 0 Å². The van der Waals surface area contributed by atoms with Gasteiger partial charge in [-0.3, -0.25) is 9.78 Å². The van der Waals surface area contributed by atoms with E-state index in [9.17, 15) is 4.79 Å². The minimum absolute atomic E-state index is 0.0467. The summed E-state index contributed by atoms with van der Waals surface area (Å²) in [5.74, 6) is -0.0467. The van der Waals surface area contributed by atoms with E-state index in [1.807, 2.05) is 31.2 Å². The molecule has 0 aliphatic rings. The van der Waals surface area contributed by atoms with Crippen molar-refractivity contribution in [3.05, 3.63) is 59.4 Å². The fourth-order valence-electron chi connectivity index (χ4n) is 1.98. The molecular weight excluding hydrogens is 250 g/mol. The van der Waals surface area contributed by atoms with Crippen LogP contribution in [-0.2, 0) is 6.42 Å². The number of nitrogens with two attached hydrogens (primary N) is 1. The molecule has 1 aromatic heterocycles. The van der Waals surface area contributed by atoms with Crippen LogP contribution in [0.3, 0.4) is 0 Å². The average Bonchev–Trinajstić information content (AvgIpc) is 2.47. The van der Waals surface area contributed by atoms with Gasteiger partial charge in [0.15, 0.2) is 0 Å². The molecule has 0 fully saturated rings. The van der Waals surface area contributed by atoms with Crippen molar-refractivity contribution in [3.8, 4) is 0 Å². The van der Waals surface area contributed by atoms with E-state index in [4.69, 9.17) is 5.73 Å². The summed E-state index contributed by atoms with van der Waals surface area (Å²) in [4.78, 5) is 18.3. The highest BCUT2D eigenvalue weighted by Gasteiger charge is 2.13. The largest absolute Gasteiger partial charge is 0.330 e. The maximum absolute atomic E-state index is 12.5. The lowest BCUT2D eigenvalue weighted by atomic mass is 10.1. The zero-order chi connectivity index (χ0) is 14.5. The molecule has 0 unspecified atom stereocenters. The first-order valence-electron chi connectivity index (χ1n) is 6.61. The second-order valence-corrected chi connectivity index (χ2v) is 4.77. The molecule has 104 valence electrons. The molecule has 2 aromatic rings. The fourth-order valence-corrected chi connectivity index (χ4v) is 1.98. The summed E-state index contributed by atoms with van der Waals surface area (Å²) in [6.45, 7) is 2.55. The number of anilines is 1. The lowest BCUT2D eigenvalue weighted by Gasteiger charge is -2.17. The van der Waals surface area contributed by atoms with Gasteiger partial charge in [0, 0.05) is 36.6 Å². The van der Waals surface area contributed by atoms with Crippen LogP contribution in [0, 0.1) is 6.92 Å². The Morgan fingerprint density at radius 1 is 1.25 bits per heavy atom. The van der Waals surface area contributed by atoms with Crippen LogP contribution in [0.4, 0.5) is 5.69 Å². The third-order valence-electron chi connectivity index (χ3n) is 3.19. The van der Waals surface area contributed by atoms with Crippen molar-refractivity contribution in [1.82, 2.24) is 4.98 Å². The molecule has 0 aliphatic heterocycles. The van der Waals surface area contributed by atoms with E-state index in [1.54, 1.807) is 30.3 Å². The number of hydrogen-bond donors (Lipinski definition) is 1. The molecule has 1 aromatic carbocycles. The Balaban J connectivity index is 2.21. The van der Waals surface area contributed by atoms with Crippen LogP contribution in [-0.4, -0.2) is 24.5 Å². The number of carbonyl (C=O) groups excluding carboxylic acids is 1. The van der Waals surface area contributed by atoms with Crippen molar-refractivity contribution in [2.45, 2.75) is 13.3 Å². The number of benzene rings is 1. The van der Waals surface area contributed by atoms with Crippen molar-refractivity contribution >= 4 is 11.6 Å². The monoisotopic (exact) mass is 269 g/mol. The van der Waals surface area contributed by atoms with E-state index in [0.717, 1.165) is 11.4 Å². The Morgan fingerprint density at radius 2 is 1.95 bits per heavy atom. The van der Waals surface area contributed by atoms with E-state index < -0.39 is 0 Å². The van der Waals surface area contributed by atoms with Crippen LogP contribution in [0.2, 0.25) is 0 Å². The molecule has 2 rings (SSSR count). The Kier molecular flexibility index (Phi) is 4.48. The lowest BCUT2D eigenvalue weighted by Crippen LogP contribution is -2.26. The van der Waals surface area contributed by atoms with Crippen LogP contribution < -0.4 is 10.6 Å². The first kappa shape index (κ1) is 14.2. The molecule has 20 heavy (non-hydrogen) atoms. The van der Waals surface area contributed by atoms with Crippen LogP contribution in [0.25, 0.3) is 0 Å². The van der Waals surface area contributed by atoms with E-state index >= 15 is 0 Å². The lowest BCUT2D eigenvalue weighted by molar-refractivity contribution is 0.0993. The highest BCUT2D eigenvalue weighted by atomic mass is 16.2. The van der Waals surface area contributed by atoms with Crippen molar-refractivity contribution in [2.75, 3.05) is 18.5 Å². The van der Waals surface area contributed by atoms with Gasteiger partial charge in [-0.15, -0.1) is 0 Å². The topological polar surface area (TPSA) is 59.2 Å². The van der Waals surface area contributed by atoms with Crippen molar-refractivity contribution in [2.24, 2.45) is 5.73 Å². The van der Waals surface area contributed by atoms with Crippen LogP contribution in [0.5, 0.6) is 0 Å². The van der Waals surface area contributed by atoms with Crippen molar-refractivity contribution < 1.29 is 4.79 Å². The van der Waals surface area contributed by atoms with Crippen molar-refractivity contribution in [1.29, 1.82) is 0 Å². The molecule has 1 heterocycles. The van der Waals surface area contributed by atoms with Crippen molar-refractivity contribution in [3.63, 3.8) is 0 Å². The quantitative estimate of drug-likeness (QED) is 0.925. The summed E-state index contributed by atoms with van der Waals surface area (Å²) in [7, 11) is 1.77. The molecule has 0 saturated carbocycles. The van der Waals surface area contributed by atoms with Gasteiger partial charge < -0.3 is 10.6 Å². The molecular formula is C16H19N3O. The number of aryl methyl sites for hydroxylation is 1. The van der Waals surface area contributed by atoms with Gasteiger partial charge in [0.05, 0.1) is 0 Å². The first-order chi connectivity index (χ1) is 9.61. The van der Waals surface area contributed by atoms with E-state index in [0.29, 0.717) is 18.5 Å². The van der Waals surface area contributed by atoms with E-state index in [1.165, 1.54) is 5.56 Å². The van der Waals surface area contributed by atoms with E-state index in [-0.39, 0.29) is 5.91 Å². The summed E-state index contributed by atoms with van der Waals surface area (Å²) in [6.07, 6.45) is 2.33. The van der Waals surface area contributed by atoms with Gasteiger partial charge in [-0.2, -0.15) is 0 Å². The third-order valence-corrected chi connectivity index (χ3v) is 3.19. The molecule has 0 radical (unpaired) electrons. The molecule has 0 saturated heterocycles. The normalized spacial score (nSPS) is 10.3. The van der Waals surface area contributed by atoms with Gasteiger partial charge in [-0.25, -0.2) is 0 Å². The number of amides is 1. The second kappa shape index (κ2) is 6.30. The maximum Gasteiger partial charge on any atom is 0.258 e. The highest BCUT2D eigenvalue weighted by Crippen LogP contribution is 2.16. The SMILES string of the molecule is Cc1ccc(N(C)C(=O)c2ccnc(CCN)c2)cc1. The standard InChI is InChI=1S/C16H19N3O/c1-12-3-5-15(6-4-12)19(2)16(20)13-8-10-18-14(11-13)7-9-17/h3-6,8,10-11H,7,9,17H2,1-2H3. The molecule has 0 atom stereocenters. The van der Waals surface area contributed by atoms with Gasteiger partial charge >= 0.3 is 0 Å². The minimum Gasteiger partial charge on any atom is -0.330 e. The number of carbonyl (C=O) groups is 1. The molecule has 4 nitrogen and oxygen atoms in total. The third kappa shape index (κ3) is 3.22. The summed E-state index contributed by atoms with van der Waals surface area (Å²) in [5, 5.41) is 0. The Bertz CT molecular complexity index is 593. The van der Waals surface area contributed by atoms with Gasteiger partial charge in [0.2, 0.25) is 0 Å². The first-order valence-corrected chi connectivity index (χ1v) is 6.61. The number of rotatable bonds is 4. The summed E-state index contributed by atoms with van der Waals surface area (Å²) >= 11 is 0. The maximum atomic E-state index is 12.5. The van der Waals surface area contributed by atoms with Gasteiger partial charge in [-0.1, -0.05) is 17.7 Å². The summed E-state index contributed by atoms with van der Waals surface area (Å²) < 4.78 is 0. The molecule has 0 bridgehead atoms. The molecule has 0 spiro atoms. The second-order valence-electron chi connectivity index (χ2n) is 4.77. The minimum atomic E-state index is -0.0467. The Morgan fingerprint density at radius 3 is 2.60 bits per heavy atom. The zero-order valence-electron chi connectivity index (χ0n) is 11.8. The fraction of sp³-hybridized carbons (Fsp3) is 0.250. The summed E-state index contributed by atoms with van der Waals surface area (Å²) in [6, 6.07) is 11.4. The smallest absolute Gasteiger partial charge is 0.258 e. The molecule has 0 aliphatic carbocycles. The predicted molar refractivity (Wildman–Crippen MR) is 80.9 cm³/mol. The number of aromatic nitrogens is 1. The zero-order valence-corrected chi connectivity index (χ0v) is 11.8. The van der Waals surface area contributed by atoms with Crippen LogP contribution in [0.15, 0.2) is 42.6 Å². The predicted octanol–water partition coefficient (Wildman–Crippen LogP) is 2.17. The Labute approximate surface area is 119 Å². The molecule has 2 N–H and O–H groups in total. The number of nitrogens with zero attached hydrogens (tertiary/aromatic N) is 2. The molecule has 4 heteroatoms. The highest BCUT2D eigenvalue weighted by molar-refractivity contribution is 6.05. The van der Waals surface area contributed by atoms with E-state index in [2.05, 4.69) is 4.98 Å². The average molecular weight is 269 g/mol. The number of hydrogen-bond acceptors (Lipinski definition) is 3. The van der Waals surface area contributed by atoms with Gasteiger partial charge in [0.25, 0.3) is 5.91 Å².